The number of aliphatic hydroxyl groups is 1. The number of hydrogen-bond acceptors (Lipinski definition) is 3. The van der Waals surface area contributed by atoms with Crippen molar-refractivity contribution < 1.29 is 13.9 Å². The van der Waals surface area contributed by atoms with Crippen molar-refractivity contribution in [1.29, 1.82) is 0 Å². The standard InChI is InChI=1S/C15H24F2N2O/c1-15(2,20)10-19(4)9-8-13(18-3)11-6-5-7-12(16)14(11)17/h5-7,13,18,20H,8-10H2,1-4H3. The van der Waals surface area contributed by atoms with Crippen LogP contribution in [0, 0.1) is 11.6 Å². The minimum atomic E-state index is -0.826. The van der Waals surface area contributed by atoms with Crippen molar-refractivity contribution in [2.75, 3.05) is 27.2 Å². The van der Waals surface area contributed by atoms with Crippen LogP contribution in [0.4, 0.5) is 8.78 Å². The maximum atomic E-state index is 13.8. The average molecular weight is 286 g/mol. The van der Waals surface area contributed by atoms with Crippen LogP contribution in [0.1, 0.15) is 31.9 Å². The van der Waals surface area contributed by atoms with Gasteiger partial charge in [-0.1, -0.05) is 12.1 Å². The summed E-state index contributed by atoms with van der Waals surface area (Å²) in [7, 11) is 3.62. The smallest absolute Gasteiger partial charge is 0.163 e. The summed E-state index contributed by atoms with van der Waals surface area (Å²) in [6.07, 6.45) is 0.628. The lowest BCUT2D eigenvalue weighted by Crippen LogP contribution is -2.37. The van der Waals surface area contributed by atoms with E-state index in [1.54, 1.807) is 27.0 Å². The highest BCUT2D eigenvalue weighted by Gasteiger charge is 2.19. The topological polar surface area (TPSA) is 35.5 Å². The summed E-state index contributed by atoms with van der Waals surface area (Å²) >= 11 is 0. The summed E-state index contributed by atoms with van der Waals surface area (Å²) < 4.78 is 27.0. The van der Waals surface area contributed by atoms with Crippen LogP contribution in [0.25, 0.3) is 0 Å². The molecule has 0 aromatic heterocycles. The van der Waals surface area contributed by atoms with E-state index in [1.807, 2.05) is 11.9 Å². The minimum absolute atomic E-state index is 0.255. The molecular weight excluding hydrogens is 262 g/mol. The molecule has 1 unspecified atom stereocenters. The maximum absolute atomic E-state index is 13.8. The molecule has 0 amide bonds. The van der Waals surface area contributed by atoms with E-state index in [4.69, 9.17) is 0 Å². The Labute approximate surface area is 119 Å². The van der Waals surface area contributed by atoms with E-state index in [-0.39, 0.29) is 6.04 Å². The normalized spacial score (nSPS) is 13.8. The SMILES string of the molecule is CNC(CCN(C)CC(C)(C)O)c1cccc(F)c1F. The Kier molecular flexibility index (Phi) is 6.05. The van der Waals surface area contributed by atoms with Gasteiger partial charge in [-0.15, -0.1) is 0 Å². The van der Waals surface area contributed by atoms with Crippen molar-refractivity contribution in [1.82, 2.24) is 10.2 Å². The summed E-state index contributed by atoms with van der Waals surface area (Å²) in [5.74, 6) is -1.62. The predicted octanol–water partition coefficient (Wildman–Crippen LogP) is 2.32. The summed E-state index contributed by atoms with van der Waals surface area (Å²) in [6.45, 7) is 4.68. The molecule has 2 N–H and O–H groups in total. The minimum Gasteiger partial charge on any atom is -0.389 e. The number of rotatable bonds is 7. The molecule has 0 bridgehead atoms. The molecule has 0 radical (unpaired) electrons. The van der Waals surface area contributed by atoms with Crippen LogP contribution in [-0.2, 0) is 0 Å². The third-order valence-corrected chi connectivity index (χ3v) is 3.16. The Morgan fingerprint density at radius 3 is 2.55 bits per heavy atom. The van der Waals surface area contributed by atoms with Gasteiger partial charge in [-0.25, -0.2) is 8.78 Å². The highest BCUT2D eigenvalue weighted by Crippen LogP contribution is 2.22. The largest absolute Gasteiger partial charge is 0.389 e. The summed E-state index contributed by atoms with van der Waals surface area (Å²) in [6, 6.07) is 3.97. The summed E-state index contributed by atoms with van der Waals surface area (Å²) in [5, 5.41) is 12.7. The molecule has 0 fully saturated rings. The molecule has 0 heterocycles. The second-order valence-electron chi connectivity index (χ2n) is 5.82. The highest BCUT2D eigenvalue weighted by molar-refractivity contribution is 5.22. The van der Waals surface area contributed by atoms with Gasteiger partial charge in [0.1, 0.15) is 0 Å². The van der Waals surface area contributed by atoms with E-state index in [1.165, 1.54) is 6.07 Å². The van der Waals surface area contributed by atoms with Gasteiger partial charge in [0.2, 0.25) is 0 Å². The first-order valence-electron chi connectivity index (χ1n) is 6.76. The van der Waals surface area contributed by atoms with Gasteiger partial charge < -0.3 is 15.3 Å². The highest BCUT2D eigenvalue weighted by atomic mass is 19.2. The zero-order valence-corrected chi connectivity index (χ0v) is 12.6. The van der Waals surface area contributed by atoms with E-state index in [0.29, 0.717) is 25.1 Å². The van der Waals surface area contributed by atoms with E-state index < -0.39 is 17.2 Å². The first-order chi connectivity index (χ1) is 9.24. The molecule has 3 nitrogen and oxygen atoms in total. The molecule has 0 aliphatic rings. The molecule has 0 saturated heterocycles. The number of benzene rings is 1. The molecule has 1 aromatic carbocycles. The molecular formula is C15H24F2N2O. The van der Waals surface area contributed by atoms with Crippen LogP contribution in [0.3, 0.4) is 0 Å². The predicted molar refractivity (Wildman–Crippen MR) is 76.6 cm³/mol. The van der Waals surface area contributed by atoms with Gasteiger partial charge in [0.25, 0.3) is 0 Å². The summed E-state index contributed by atoms with van der Waals surface area (Å²) in [5.41, 5.74) is -0.433. The van der Waals surface area contributed by atoms with Gasteiger partial charge in [0.15, 0.2) is 11.6 Å². The monoisotopic (exact) mass is 286 g/mol. The van der Waals surface area contributed by atoms with Crippen LogP contribution in [-0.4, -0.2) is 42.8 Å². The number of nitrogens with zero attached hydrogens (tertiary/aromatic N) is 1. The number of hydrogen-bond donors (Lipinski definition) is 2. The molecule has 5 heteroatoms. The Hall–Kier alpha value is -1.04. The Bertz CT molecular complexity index is 432. The van der Waals surface area contributed by atoms with Crippen molar-refractivity contribution in [2.45, 2.75) is 31.9 Å². The van der Waals surface area contributed by atoms with Gasteiger partial charge in [0, 0.05) is 18.2 Å². The second kappa shape index (κ2) is 7.11. The van der Waals surface area contributed by atoms with Crippen molar-refractivity contribution in [3.05, 3.63) is 35.4 Å². The fraction of sp³-hybridized carbons (Fsp3) is 0.600. The van der Waals surface area contributed by atoms with Crippen molar-refractivity contribution in [2.24, 2.45) is 0 Å². The molecule has 0 spiro atoms. The number of likely N-dealkylation sites (N-methyl/N-ethyl adjacent to an activating group) is 1. The molecule has 1 aromatic rings. The third-order valence-electron chi connectivity index (χ3n) is 3.16. The zero-order chi connectivity index (χ0) is 15.3. The van der Waals surface area contributed by atoms with Crippen LogP contribution >= 0.6 is 0 Å². The van der Waals surface area contributed by atoms with Gasteiger partial charge in [-0.3, -0.25) is 0 Å². The van der Waals surface area contributed by atoms with Gasteiger partial charge in [-0.05, 0) is 47.0 Å². The Morgan fingerprint density at radius 2 is 2.00 bits per heavy atom. The average Bonchev–Trinajstić information content (AvgIpc) is 2.32. The second-order valence-corrected chi connectivity index (χ2v) is 5.82. The van der Waals surface area contributed by atoms with E-state index in [9.17, 15) is 13.9 Å². The van der Waals surface area contributed by atoms with Gasteiger partial charge in [-0.2, -0.15) is 0 Å². The third kappa shape index (κ3) is 5.15. The van der Waals surface area contributed by atoms with Crippen molar-refractivity contribution in [3.63, 3.8) is 0 Å². The zero-order valence-electron chi connectivity index (χ0n) is 12.6. The Balaban J connectivity index is 2.66. The first kappa shape index (κ1) is 17.0. The molecule has 20 heavy (non-hydrogen) atoms. The number of nitrogens with one attached hydrogen (secondary N) is 1. The maximum Gasteiger partial charge on any atom is 0.163 e. The van der Waals surface area contributed by atoms with E-state index >= 15 is 0 Å². The van der Waals surface area contributed by atoms with E-state index in [0.717, 1.165) is 6.07 Å². The lowest BCUT2D eigenvalue weighted by molar-refractivity contribution is 0.0436. The molecule has 0 aliphatic carbocycles. The quantitative estimate of drug-likeness (QED) is 0.807. The molecule has 0 aliphatic heterocycles. The van der Waals surface area contributed by atoms with Gasteiger partial charge >= 0.3 is 0 Å². The van der Waals surface area contributed by atoms with Gasteiger partial charge in [0.05, 0.1) is 5.60 Å². The number of halogens is 2. The lowest BCUT2D eigenvalue weighted by atomic mass is 10.0. The summed E-state index contributed by atoms with van der Waals surface area (Å²) in [4.78, 5) is 1.97. The van der Waals surface area contributed by atoms with E-state index in [2.05, 4.69) is 5.32 Å². The fourth-order valence-corrected chi connectivity index (χ4v) is 2.33. The molecule has 114 valence electrons. The van der Waals surface area contributed by atoms with Crippen molar-refractivity contribution >= 4 is 0 Å². The molecule has 1 rings (SSSR count). The Morgan fingerprint density at radius 1 is 1.35 bits per heavy atom. The van der Waals surface area contributed by atoms with Crippen LogP contribution in [0.15, 0.2) is 18.2 Å². The first-order valence-corrected chi connectivity index (χ1v) is 6.76. The van der Waals surface area contributed by atoms with Crippen molar-refractivity contribution in [3.8, 4) is 0 Å². The fourth-order valence-electron chi connectivity index (χ4n) is 2.33. The van der Waals surface area contributed by atoms with Crippen LogP contribution in [0.2, 0.25) is 0 Å². The van der Waals surface area contributed by atoms with Crippen LogP contribution < -0.4 is 5.32 Å². The molecule has 1 atom stereocenters. The lowest BCUT2D eigenvalue weighted by Gasteiger charge is -2.27. The van der Waals surface area contributed by atoms with Crippen LogP contribution in [0.5, 0.6) is 0 Å². The molecule has 0 saturated carbocycles.